The van der Waals surface area contributed by atoms with Gasteiger partial charge in [0.1, 0.15) is 99.4 Å². The summed E-state index contributed by atoms with van der Waals surface area (Å²) in [6, 6.07) is 9.32. The van der Waals surface area contributed by atoms with Gasteiger partial charge in [0.25, 0.3) is 18.9 Å². The smallest absolute Gasteiger partial charge is 0.330 e. The van der Waals surface area contributed by atoms with Crippen LogP contribution in [-0.4, -0.2) is 284 Å². The lowest BCUT2D eigenvalue weighted by Crippen LogP contribution is -2.57. The number of benzene rings is 1. The van der Waals surface area contributed by atoms with E-state index in [1.807, 2.05) is 30.2 Å². The monoisotopic (exact) mass is 1730 g/mol. The van der Waals surface area contributed by atoms with Crippen molar-refractivity contribution in [3.63, 3.8) is 0 Å². The highest BCUT2D eigenvalue weighted by molar-refractivity contribution is 7.55. The molecule has 0 spiro atoms. The zero-order valence-corrected chi connectivity index (χ0v) is 67.5. The number of amides is 3. The Balaban J connectivity index is 0.000000240. The van der Waals surface area contributed by atoms with Crippen molar-refractivity contribution in [2.75, 3.05) is 110 Å². The van der Waals surface area contributed by atoms with E-state index in [1.165, 1.54) is 68.8 Å². The van der Waals surface area contributed by atoms with Gasteiger partial charge in [-0.25, -0.2) is 39.7 Å². The number of aryl methyl sites for hydroxylation is 1. The van der Waals surface area contributed by atoms with Gasteiger partial charge in [-0.3, -0.25) is 76.1 Å². The summed E-state index contributed by atoms with van der Waals surface area (Å²) in [5, 5.41) is 32.1. The van der Waals surface area contributed by atoms with Crippen molar-refractivity contribution in [3.05, 3.63) is 134 Å². The van der Waals surface area contributed by atoms with Crippen LogP contribution in [0.15, 0.2) is 94.8 Å². The summed E-state index contributed by atoms with van der Waals surface area (Å²) >= 11 is 0. The van der Waals surface area contributed by atoms with E-state index in [2.05, 4.69) is 103 Å². The minimum Gasteiger partial charge on any atom is -0.783 e. The number of esters is 2. The van der Waals surface area contributed by atoms with E-state index in [0.717, 1.165) is 39.5 Å². The molecule has 3 fully saturated rings. The van der Waals surface area contributed by atoms with Gasteiger partial charge in [-0.05, 0) is 33.0 Å². The first-order chi connectivity index (χ1) is 58.1. The fraction of sp³-hybridized carbons (Fsp3) is 0.444. The standard InChI is InChI=1S/C42H53N15O8.C30H36N10O15P2/c1-52-19-30(53(2)18-29(52)16-27-8-4-3-5-9-27)24-65-35(63)11-7-6-10-28-17-56(39-36(28)38(44)47-25-48-39)21-32(59)55(23-34(61)62)15-13-46-31(58)20-54(14-12-43)33(60)22-57-26-49-37-40(57)50-42(45)51-41(37)64;1-15-33-4-5-40(15)56(47,48)12-21-19(9-23(54-21)39-14-36-25-26(32)34-13-35-27(25)39)55-57(49,50)52-11-20-18(41)8-22(53-20)38-10-16(28(44)37-30(38)46)3-2-6-51-29(45)17(31)7-24(42)43/h3-5,8-9,17,25-26,29-30H,7,11-16,18-24,43H2,1-2H3,(H,46,58)(H,61,62)(H2,44,47,48)(H3,45,50,51,64);4-5,10,13-14,17-23,41H,6-9,11-12,31H2,1H3,(H,42,43)(H,47,48)(H,49,50)(H2,32,34,35)(H,37,44,46)/p-2/t;17?,18?,19?,20-,21-,22-,23-/m.1/s1. The summed E-state index contributed by atoms with van der Waals surface area (Å²) in [5.74, 6) is 5.17. The molecule has 11 atom stereocenters. The van der Waals surface area contributed by atoms with Crippen molar-refractivity contribution in [2.45, 2.75) is 114 Å². The number of anilines is 3. The van der Waals surface area contributed by atoms with Gasteiger partial charge < -0.3 is 115 Å². The van der Waals surface area contributed by atoms with Gasteiger partial charge in [-0.15, -0.1) is 0 Å². The molecule has 9 aromatic rings. The zero-order valence-electron chi connectivity index (χ0n) is 65.7. The van der Waals surface area contributed by atoms with E-state index in [9.17, 15) is 77.1 Å². The Bertz CT molecular complexity index is 5770. The lowest BCUT2D eigenvalue weighted by Gasteiger charge is -2.43. The van der Waals surface area contributed by atoms with Gasteiger partial charge >= 0.3 is 29.6 Å². The quantitative estimate of drug-likeness (QED) is 0.0104. The maximum atomic E-state index is 13.6. The van der Waals surface area contributed by atoms with Gasteiger partial charge in [-0.2, -0.15) is 4.98 Å². The molecule has 11 heterocycles. The third kappa shape index (κ3) is 23.1. The molecule has 12 rings (SSSR count). The number of aliphatic hydroxyl groups excluding tert-OH is 1. The van der Waals surface area contributed by atoms with Crippen LogP contribution in [0.25, 0.3) is 33.4 Å². The molecular formula is C72H87N25O23P2-2. The van der Waals surface area contributed by atoms with E-state index < -0.39 is 150 Å². The number of phosphoric ester groups is 1. The van der Waals surface area contributed by atoms with Gasteiger partial charge in [-0.1, -0.05) is 54.0 Å². The molecule has 1 aromatic carbocycles. The summed E-state index contributed by atoms with van der Waals surface area (Å²) in [7, 11) is -5.69. The van der Waals surface area contributed by atoms with Gasteiger partial charge in [0.2, 0.25) is 23.7 Å². The fourth-order valence-electron chi connectivity index (χ4n) is 13.6. The molecule has 3 aliphatic rings. The number of H-pyrrole nitrogens is 2. The number of phosphoric acid groups is 1. The minimum absolute atomic E-state index is 0.0153. The molecule has 3 aliphatic heterocycles. The van der Waals surface area contributed by atoms with Crippen molar-refractivity contribution in [3.8, 4) is 23.7 Å². The van der Waals surface area contributed by atoms with E-state index >= 15 is 0 Å². The number of carbonyl (C=O) groups excluding carboxylic acids is 5. The Labute approximate surface area is 690 Å². The van der Waals surface area contributed by atoms with Crippen LogP contribution >= 0.6 is 15.3 Å². The van der Waals surface area contributed by atoms with Gasteiger partial charge in [0.15, 0.2) is 29.2 Å². The first-order valence-corrected chi connectivity index (χ1v) is 40.8. The molecule has 122 heavy (non-hydrogen) atoms. The number of likely N-dealkylation sites (N-methyl/N-ethyl adjacent to an activating group) is 2. The lowest BCUT2D eigenvalue weighted by atomic mass is 10.0. The number of fused-ring (bicyclic) bond motifs is 3. The molecular weight excluding hydrogens is 1640 g/mol. The Morgan fingerprint density at radius 3 is 2.15 bits per heavy atom. The number of nitrogens with zero attached hydrogens (tertiary/aromatic N) is 17. The SMILES string of the molecule is CN1CC(Cc2ccccc2)N(C)CC1COC(=O)CCC#Cc1cn(CC(=O)N(CCNC(=O)CN(CCN)C(=O)Cn2cnc3c(=O)[nH]c(N)nc32)CC(=O)O)c2ncnc(N)c12.Cc1nccn1P(=O)([O-])C[C@H]1O[C@@H](n2cnc3c(N)ncnc32)CC1OP(=O)([O-])OC[C@H]1O[C@@H](n2cc(C#CCOC(=O)C(N)CC(=O)O)c(=O)[nH]c2=O)CC1O. The molecule has 0 aliphatic carbocycles. The average Bonchev–Trinajstić information content (AvgIpc) is 1.62. The van der Waals surface area contributed by atoms with Crippen LogP contribution in [0.5, 0.6) is 0 Å². The topological polar surface area (TPSA) is 681 Å². The Morgan fingerprint density at radius 1 is 0.746 bits per heavy atom. The summed E-state index contributed by atoms with van der Waals surface area (Å²) in [4.78, 5) is 194. The highest BCUT2D eigenvalue weighted by Gasteiger charge is 2.44. The molecule has 3 amide bonds. The third-order valence-electron chi connectivity index (χ3n) is 19.7. The number of hydrogen-bond acceptors (Lipinski definition) is 36. The van der Waals surface area contributed by atoms with Crippen LogP contribution in [0, 0.1) is 30.6 Å². The number of nitrogen functional groups attached to an aromatic ring is 3. The van der Waals surface area contributed by atoms with Crippen LogP contribution < -0.4 is 60.6 Å². The minimum atomic E-state index is -5.31. The van der Waals surface area contributed by atoms with Crippen LogP contribution in [0.4, 0.5) is 17.6 Å². The van der Waals surface area contributed by atoms with Crippen LogP contribution in [0.2, 0.25) is 0 Å². The summed E-state index contributed by atoms with van der Waals surface area (Å²) in [6.45, 7) is -0.0792. The van der Waals surface area contributed by atoms with E-state index in [0.29, 0.717) is 17.0 Å². The van der Waals surface area contributed by atoms with E-state index in [-0.39, 0.29) is 141 Å². The number of rotatable bonds is 33. The van der Waals surface area contributed by atoms with Crippen LogP contribution in [0.3, 0.4) is 0 Å². The second kappa shape index (κ2) is 40.2. The van der Waals surface area contributed by atoms with Crippen molar-refractivity contribution < 1.29 is 95.8 Å². The van der Waals surface area contributed by atoms with Crippen molar-refractivity contribution in [1.82, 2.24) is 97.4 Å². The number of aromatic amines is 2. The Hall–Kier alpha value is -12.5. The predicted octanol–water partition coefficient (Wildman–Crippen LogP) is -4.85. The predicted molar refractivity (Wildman–Crippen MR) is 423 cm³/mol. The Kier molecular flexibility index (Phi) is 29.7. The zero-order chi connectivity index (χ0) is 87.9. The van der Waals surface area contributed by atoms with E-state index in [1.54, 1.807) is 6.20 Å². The summed E-state index contributed by atoms with van der Waals surface area (Å²) < 4.78 is 65.2. The molecule has 0 saturated carbocycles. The first-order valence-electron chi connectivity index (χ1n) is 37.6. The maximum absolute atomic E-state index is 13.6. The summed E-state index contributed by atoms with van der Waals surface area (Å²) in [6.07, 6.45) is 1.57. The fourth-order valence-corrected chi connectivity index (χ4v) is 16.2. The number of carboxylic acids is 2. The number of hydrogen-bond donors (Lipinski definition) is 11. The normalized spacial score (nSPS) is 19.7. The van der Waals surface area contributed by atoms with Gasteiger partial charge in [0.05, 0.1) is 74.0 Å². The number of piperazine rings is 1. The number of nitrogens with one attached hydrogen (secondary N) is 3. The number of aliphatic carboxylic acids is 2. The highest BCUT2D eigenvalue weighted by Crippen LogP contribution is 2.50. The number of nitrogens with two attached hydrogens (primary N) is 5. The second-order valence-electron chi connectivity index (χ2n) is 28.4. The van der Waals surface area contributed by atoms with Crippen LogP contribution in [0.1, 0.15) is 67.1 Å². The Morgan fingerprint density at radius 2 is 1.43 bits per heavy atom. The van der Waals surface area contributed by atoms with Gasteiger partial charge in [0, 0.05) is 95.5 Å². The molecule has 0 bridgehead atoms. The molecule has 650 valence electrons. The van der Waals surface area contributed by atoms with E-state index in [4.69, 9.17) is 61.8 Å². The number of ether oxygens (including phenoxy) is 4. The maximum Gasteiger partial charge on any atom is 0.330 e. The number of carbonyl (C=O) groups is 7. The highest BCUT2D eigenvalue weighted by atomic mass is 31.2. The van der Waals surface area contributed by atoms with Crippen molar-refractivity contribution >= 4 is 108 Å². The average molecular weight is 1730 g/mol. The first kappa shape index (κ1) is 90.2. The largest absolute Gasteiger partial charge is 0.783 e. The molecule has 3 saturated heterocycles. The second-order valence-corrected chi connectivity index (χ2v) is 31.8. The van der Waals surface area contributed by atoms with Crippen LogP contribution in [-0.2, 0) is 90.2 Å². The molecule has 7 unspecified atom stereocenters. The van der Waals surface area contributed by atoms with Crippen molar-refractivity contribution in [2.24, 2.45) is 11.5 Å². The third-order valence-corrected chi connectivity index (χ3v) is 22.6. The number of aliphatic hydroxyl groups is 1. The molecule has 16 N–H and O–H groups in total. The summed E-state index contributed by atoms with van der Waals surface area (Å²) in [5.41, 5.74) is 28.6. The molecule has 50 heteroatoms. The number of carboxylic acid groups (broad SMARTS) is 2. The molecule has 48 nitrogen and oxygen atoms in total. The number of aromatic nitrogens is 15. The number of imidazole rings is 3. The van der Waals surface area contributed by atoms with Crippen molar-refractivity contribution in [1.29, 1.82) is 0 Å². The lowest BCUT2D eigenvalue weighted by molar-refractivity contribution is -0.234. The molecule has 8 aromatic heterocycles. The molecule has 0 radical (unpaired) electrons.